The van der Waals surface area contributed by atoms with Crippen LogP contribution in [0.3, 0.4) is 0 Å². The lowest BCUT2D eigenvalue weighted by atomic mass is 10.1. The maximum atomic E-state index is 11.4. The molecular weight excluding hydrogens is 264 g/mol. The van der Waals surface area contributed by atoms with Crippen LogP contribution in [0.4, 0.5) is 0 Å². The molecule has 0 aromatic carbocycles. The average Bonchev–Trinajstić information content (AvgIpc) is 2.87. The maximum absolute atomic E-state index is 11.4. The van der Waals surface area contributed by atoms with E-state index in [1.807, 2.05) is 19.1 Å². The Morgan fingerprint density at radius 3 is 2.58 bits per heavy atom. The first-order valence-corrected chi connectivity index (χ1v) is 7.77. The molecule has 0 radical (unpaired) electrons. The second-order valence-electron chi connectivity index (χ2n) is 4.35. The van der Waals surface area contributed by atoms with Gasteiger partial charge in [-0.3, -0.25) is 4.98 Å². The molecule has 19 heavy (non-hydrogen) atoms. The highest BCUT2D eigenvalue weighted by atomic mass is 32.2. The van der Waals surface area contributed by atoms with Crippen molar-refractivity contribution in [2.45, 2.75) is 24.3 Å². The van der Waals surface area contributed by atoms with E-state index in [-0.39, 0.29) is 10.9 Å². The van der Waals surface area contributed by atoms with Crippen LogP contribution in [0.1, 0.15) is 25.1 Å². The zero-order chi connectivity index (χ0) is 14.0. The monoisotopic (exact) mass is 280 g/mol. The van der Waals surface area contributed by atoms with Gasteiger partial charge in [0.05, 0.1) is 23.8 Å². The Labute approximate surface area is 112 Å². The van der Waals surface area contributed by atoms with Gasteiger partial charge >= 0.3 is 0 Å². The van der Waals surface area contributed by atoms with E-state index in [0.717, 1.165) is 18.4 Å². The first kappa shape index (κ1) is 13.7. The van der Waals surface area contributed by atoms with Gasteiger partial charge in [-0.05, 0) is 18.6 Å². The second-order valence-corrected chi connectivity index (χ2v) is 6.36. The van der Waals surface area contributed by atoms with Crippen molar-refractivity contribution >= 4 is 9.84 Å². The van der Waals surface area contributed by atoms with Crippen LogP contribution in [0.25, 0.3) is 5.69 Å². The van der Waals surface area contributed by atoms with Crippen LogP contribution in [0, 0.1) is 0 Å². The van der Waals surface area contributed by atoms with Gasteiger partial charge in [0.15, 0.2) is 9.84 Å². The molecule has 1 atom stereocenters. The normalized spacial score (nSPS) is 13.4. The number of nitrogens with zero attached hydrogens (tertiary/aromatic N) is 3. The number of nitrogens with two attached hydrogens (primary N) is 1. The Morgan fingerprint density at radius 1 is 1.37 bits per heavy atom. The molecule has 2 aromatic heterocycles. The first-order chi connectivity index (χ1) is 8.91. The van der Waals surface area contributed by atoms with Crippen LogP contribution >= 0.6 is 0 Å². The van der Waals surface area contributed by atoms with E-state index in [9.17, 15) is 8.42 Å². The number of rotatable bonds is 4. The molecule has 0 saturated heterocycles. The Kier molecular flexibility index (Phi) is 3.68. The molecule has 0 bridgehead atoms. The van der Waals surface area contributed by atoms with Gasteiger partial charge in [0.2, 0.25) is 0 Å². The summed E-state index contributed by atoms with van der Waals surface area (Å²) in [6, 6.07) is 3.56. The Morgan fingerprint density at radius 2 is 2.11 bits per heavy atom. The second kappa shape index (κ2) is 5.10. The van der Waals surface area contributed by atoms with Crippen molar-refractivity contribution in [1.82, 2.24) is 14.8 Å². The lowest BCUT2D eigenvalue weighted by molar-refractivity contribution is 0.602. The average molecular weight is 280 g/mol. The summed E-state index contributed by atoms with van der Waals surface area (Å²) in [6.45, 7) is 1.99. The standard InChI is InChI=1S/C12H16N4O2S/c1-3-11(13)12-5-4-9(6-14-12)16-8-10(7-15-16)19(2,17)18/h4-8,11H,3,13H2,1-2H3. The number of pyridine rings is 1. The summed E-state index contributed by atoms with van der Waals surface area (Å²) in [5.41, 5.74) is 7.38. The van der Waals surface area contributed by atoms with Gasteiger partial charge in [-0.1, -0.05) is 6.92 Å². The van der Waals surface area contributed by atoms with E-state index < -0.39 is 9.84 Å². The largest absolute Gasteiger partial charge is 0.323 e. The molecular formula is C12H16N4O2S. The van der Waals surface area contributed by atoms with Gasteiger partial charge in [-0.2, -0.15) is 5.10 Å². The zero-order valence-corrected chi connectivity index (χ0v) is 11.6. The summed E-state index contributed by atoms with van der Waals surface area (Å²) in [7, 11) is -3.24. The topological polar surface area (TPSA) is 90.9 Å². The van der Waals surface area contributed by atoms with Crippen molar-refractivity contribution < 1.29 is 8.42 Å². The quantitative estimate of drug-likeness (QED) is 0.905. The molecule has 0 aliphatic rings. The molecule has 0 aliphatic carbocycles. The predicted molar refractivity (Wildman–Crippen MR) is 71.7 cm³/mol. The van der Waals surface area contributed by atoms with Crippen molar-refractivity contribution in [2.24, 2.45) is 5.73 Å². The number of aromatic nitrogens is 3. The molecule has 102 valence electrons. The van der Waals surface area contributed by atoms with E-state index in [1.54, 1.807) is 6.20 Å². The summed E-state index contributed by atoms with van der Waals surface area (Å²) >= 11 is 0. The molecule has 6 nitrogen and oxygen atoms in total. The molecule has 0 spiro atoms. The summed E-state index contributed by atoms with van der Waals surface area (Å²) in [6.07, 6.45) is 6.37. The van der Waals surface area contributed by atoms with Crippen LogP contribution in [-0.2, 0) is 9.84 Å². The van der Waals surface area contributed by atoms with Crippen molar-refractivity contribution in [3.05, 3.63) is 36.4 Å². The third-order valence-electron chi connectivity index (χ3n) is 2.84. The van der Waals surface area contributed by atoms with E-state index in [1.165, 1.54) is 17.1 Å². The molecule has 2 aromatic rings. The van der Waals surface area contributed by atoms with Gasteiger partial charge in [0, 0.05) is 18.5 Å². The summed E-state index contributed by atoms with van der Waals surface area (Å²) in [5.74, 6) is 0. The minimum Gasteiger partial charge on any atom is -0.323 e. The Balaban J connectivity index is 2.30. The predicted octanol–water partition coefficient (Wildman–Crippen LogP) is 1.08. The molecule has 2 rings (SSSR count). The summed E-state index contributed by atoms with van der Waals surface area (Å²) < 4.78 is 24.2. The molecule has 0 saturated carbocycles. The van der Waals surface area contributed by atoms with Crippen LogP contribution in [-0.4, -0.2) is 29.4 Å². The van der Waals surface area contributed by atoms with Crippen molar-refractivity contribution in [3.63, 3.8) is 0 Å². The summed E-state index contributed by atoms with van der Waals surface area (Å²) in [5, 5.41) is 4.01. The van der Waals surface area contributed by atoms with Gasteiger partial charge in [0.1, 0.15) is 4.90 Å². The number of hydrogen-bond acceptors (Lipinski definition) is 5. The van der Waals surface area contributed by atoms with E-state index in [0.29, 0.717) is 5.69 Å². The molecule has 1 unspecified atom stereocenters. The minimum absolute atomic E-state index is 0.0850. The molecule has 7 heteroatoms. The minimum atomic E-state index is -3.24. The summed E-state index contributed by atoms with van der Waals surface area (Å²) in [4.78, 5) is 4.44. The Bertz CT molecular complexity index is 661. The fourth-order valence-electron chi connectivity index (χ4n) is 1.60. The fourth-order valence-corrected chi connectivity index (χ4v) is 2.13. The third-order valence-corrected chi connectivity index (χ3v) is 3.91. The van der Waals surface area contributed by atoms with Gasteiger partial charge < -0.3 is 5.73 Å². The zero-order valence-electron chi connectivity index (χ0n) is 10.8. The van der Waals surface area contributed by atoms with Crippen LogP contribution in [0.15, 0.2) is 35.6 Å². The van der Waals surface area contributed by atoms with E-state index in [4.69, 9.17) is 5.73 Å². The van der Waals surface area contributed by atoms with E-state index >= 15 is 0 Å². The van der Waals surface area contributed by atoms with Crippen molar-refractivity contribution in [3.8, 4) is 5.69 Å². The number of hydrogen-bond donors (Lipinski definition) is 1. The van der Waals surface area contributed by atoms with Gasteiger partial charge in [0.25, 0.3) is 0 Å². The highest BCUT2D eigenvalue weighted by molar-refractivity contribution is 7.90. The Hall–Kier alpha value is -1.73. The van der Waals surface area contributed by atoms with Crippen LogP contribution in [0.2, 0.25) is 0 Å². The molecule has 0 amide bonds. The third kappa shape index (κ3) is 2.99. The first-order valence-electron chi connectivity index (χ1n) is 5.88. The molecule has 0 fully saturated rings. The SMILES string of the molecule is CCC(N)c1ccc(-n2cc(S(C)(=O)=O)cn2)cn1. The number of sulfone groups is 1. The molecule has 0 aliphatic heterocycles. The van der Waals surface area contributed by atoms with Crippen LogP contribution in [0.5, 0.6) is 0 Å². The van der Waals surface area contributed by atoms with Gasteiger partial charge in [-0.15, -0.1) is 0 Å². The van der Waals surface area contributed by atoms with E-state index in [2.05, 4.69) is 10.1 Å². The van der Waals surface area contributed by atoms with Crippen molar-refractivity contribution in [2.75, 3.05) is 6.26 Å². The smallest absolute Gasteiger partial charge is 0.178 e. The maximum Gasteiger partial charge on any atom is 0.178 e. The fraction of sp³-hybridized carbons (Fsp3) is 0.333. The lowest BCUT2D eigenvalue weighted by Crippen LogP contribution is -2.10. The lowest BCUT2D eigenvalue weighted by Gasteiger charge is -2.08. The molecule has 2 heterocycles. The van der Waals surface area contributed by atoms with Crippen molar-refractivity contribution in [1.29, 1.82) is 0 Å². The highest BCUT2D eigenvalue weighted by Gasteiger charge is 2.11. The molecule has 2 N–H and O–H groups in total. The van der Waals surface area contributed by atoms with Crippen LogP contribution < -0.4 is 5.73 Å². The van der Waals surface area contributed by atoms with Gasteiger partial charge in [-0.25, -0.2) is 13.1 Å². The highest BCUT2D eigenvalue weighted by Crippen LogP contribution is 2.15.